The van der Waals surface area contributed by atoms with Gasteiger partial charge in [-0.3, -0.25) is 9.59 Å². The number of ether oxygens (including phenoxy) is 2. The van der Waals surface area contributed by atoms with Crippen molar-refractivity contribution in [3.05, 3.63) is 33.8 Å². The number of carbonyl (C=O) groups excluding carboxylic acids is 2. The number of rotatable bonds is 9. The van der Waals surface area contributed by atoms with Crippen LogP contribution in [0.2, 0.25) is 10.0 Å². The van der Waals surface area contributed by atoms with E-state index in [1.165, 1.54) is 0 Å². The fourth-order valence-corrected chi connectivity index (χ4v) is 2.29. The van der Waals surface area contributed by atoms with Gasteiger partial charge in [0.1, 0.15) is 0 Å². The van der Waals surface area contributed by atoms with Crippen LogP contribution in [0, 0.1) is 0 Å². The van der Waals surface area contributed by atoms with Gasteiger partial charge in [0.05, 0.1) is 35.6 Å². The van der Waals surface area contributed by atoms with Crippen molar-refractivity contribution >= 4 is 35.1 Å². The maximum Gasteiger partial charge on any atom is 0.314 e. The monoisotopic (exact) mass is 361 g/mol. The van der Waals surface area contributed by atoms with Crippen LogP contribution in [0.25, 0.3) is 0 Å². The van der Waals surface area contributed by atoms with E-state index in [0.717, 1.165) is 0 Å². The first kappa shape index (κ1) is 19.7. The Morgan fingerprint density at radius 3 is 2.43 bits per heavy atom. The fraction of sp³-hybridized carbons (Fsp3) is 0.500. The first-order valence-corrected chi connectivity index (χ1v) is 8.23. The maximum absolute atomic E-state index is 12.1. The third-order valence-electron chi connectivity index (χ3n) is 3.08. The Balaban J connectivity index is 2.68. The molecular formula is C16H21Cl2NO4. The van der Waals surface area contributed by atoms with Crippen molar-refractivity contribution in [2.75, 3.05) is 26.3 Å². The third kappa shape index (κ3) is 6.77. The number of halogens is 2. The van der Waals surface area contributed by atoms with Crippen LogP contribution in [0.15, 0.2) is 18.2 Å². The molecule has 1 N–H and O–H groups in total. The number of benzene rings is 1. The van der Waals surface area contributed by atoms with E-state index in [1.54, 1.807) is 32.0 Å². The molecule has 1 unspecified atom stereocenters. The first-order valence-electron chi connectivity index (χ1n) is 7.47. The summed E-state index contributed by atoms with van der Waals surface area (Å²) >= 11 is 11.9. The predicted molar refractivity (Wildman–Crippen MR) is 90.0 cm³/mol. The first-order chi connectivity index (χ1) is 11.0. The van der Waals surface area contributed by atoms with Crippen molar-refractivity contribution < 1.29 is 19.1 Å². The van der Waals surface area contributed by atoms with Gasteiger partial charge < -0.3 is 14.8 Å². The molecule has 7 heteroatoms. The third-order valence-corrected chi connectivity index (χ3v) is 3.82. The molecule has 1 rings (SSSR count). The molecule has 1 atom stereocenters. The molecule has 0 aromatic heterocycles. The molecule has 0 heterocycles. The predicted octanol–water partition coefficient (Wildman–Crippen LogP) is 3.18. The molecule has 1 aromatic carbocycles. The van der Waals surface area contributed by atoms with E-state index < -0.39 is 5.92 Å². The SMILES string of the molecule is CCOC(=O)CCNCC(C(=O)OCC)c1ccc(Cl)c(Cl)c1. The van der Waals surface area contributed by atoms with Crippen LogP contribution in [-0.2, 0) is 19.1 Å². The van der Waals surface area contributed by atoms with Gasteiger partial charge >= 0.3 is 11.9 Å². The van der Waals surface area contributed by atoms with Gasteiger partial charge in [0.2, 0.25) is 0 Å². The van der Waals surface area contributed by atoms with Crippen LogP contribution in [0.1, 0.15) is 31.7 Å². The van der Waals surface area contributed by atoms with E-state index in [2.05, 4.69) is 5.32 Å². The zero-order chi connectivity index (χ0) is 17.2. The minimum atomic E-state index is -0.521. The van der Waals surface area contributed by atoms with Crippen LogP contribution in [0.4, 0.5) is 0 Å². The van der Waals surface area contributed by atoms with E-state index in [4.69, 9.17) is 32.7 Å². The lowest BCUT2D eigenvalue weighted by Gasteiger charge is -2.17. The molecule has 5 nitrogen and oxygen atoms in total. The Bertz CT molecular complexity index is 537. The second-order valence-corrected chi connectivity index (χ2v) is 5.55. The number of hydrogen-bond acceptors (Lipinski definition) is 5. The second-order valence-electron chi connectivity index (χ2n) is 4.74. The lowest BCUT2D eigenvalue weighted by atomic mass is 9.99. The van der Waals surface area contributed by atoms with Crippen LogP contribution < -0.4 is 5.32 Å². The summed E-state index contributed by atoms with van der Waals surface area (Å²) in [5.41, 5.74) is 0.710. The molecule has 0 saturated heterocycles. The Morgan fingerprint density at radius 2 is 1.83 bits per heavy atom. The summed E-state index contributed by atoms with van der Waals surface area (Å²) in [5, 5.41) is 3.87. The summed E-state index contributed by atoms with van der Waals surface area (Å²) in [4.78, 5) is 23.4. The fourth-order valence-electron chi connectivity index (χ4n) is 1.98. The van der Waals surface area contributed by atoms with Crippen molar-refractivity contribution in [1.29, 1.82) is 0 Å². The number of hydrogen-bond donors (Lipinski definition) is 1. The molecule has 0 radical (unpaired) electrons. The summed E-state index contributed by atoms with van der Waals surface area (Å²) in [5.74, 6) is -1.15. The normalized spacial score (nSPS) is 11.8. The van der Waals surface area contributed by atoms with Crippen LogP contribution >= 0.6 is 23.2 Å². The van der Waals surface area contributed by atoms with Crippen LogP contribution in [0.5, 0.6) is 0 Å². The highest BCUT2D eigenvalue weighted by molar-refractivity contribution is 6.42. The van der Waals surface area contributed by atoms with Crippen LogP contribution in [-0.4, -0.2) is 38.2 Å². The molecule has 0 aliphatic heterocycles. The van der Waals surface area contributed by atoms with Crippen molar-refractivity contribution in [3.8, 4) is 0 Å². The molecule has 0 bridgehead atoms. The molecule has 0 spiro atoms. The van der Waals surface area contributed by atoms with Gasteiger partial charge in [0.15, 0.2) is 0 Å². The van der Waals surface area contributed by atoms with E-state index in [-0.39, 0.29) is 18.4 Å². The summed E-state index contributed by atoms with van der Waals surface area (Å²) in [6.07, 6.45) is 0.241. The molecule has 0 aliphatic rings. The average Bonchev–Trinajstić information content (AvgIpc) is 2.51. The highest BCUT2D eigenvalue weighted by Gasteiger charge is 2.22. The lowest BCUT2D eigenvalue weighted by molar-refractivity contribution is -0.144. The molecule has 0 aliphatic carbocycles. The van der Waals surface area contributed by atoms with Gasteiger partial charge in [0.25, 0.3) is 0 Å². The zero-order valence-corrected chi connectivity index (χ0v) is 14.7. The van der Waals surface area contributed by atoms with Gasteiger partial charge in [-0.25, -0.2) is 0 Å². The minimum Gasteiger partial charge on any atom is -0.466 e. The van der Waals surface area contributed by atoms with Gasteiger partial charge in [0, 0.05) is 13.1 Å². The summed E-state index contributed by atoms with van der Waals surface area (Å²) in [6, 6.07) is 5.03. The van der Waals surface area contributed by atoms with E-state index in [9.17, 15) is 9.59 Å². The highest BCUT2D eigenvalue weighted by atomic mass is 35.5. The topological polar surface area (TPSA) is 64.6 Å². The van der Waals surface area contributed by atoms with Crippen molar-refractivity contribution in [2.45, 2.75) is 26.2 Å². The number of esters is 2. The molecule has 0 fully saturated rings. The highest BCUT2D eigenvalue weighted by Crippen LogP contribution is 2.27. The number of carbonyl (C=O) groups is 2. The summed E-state index contributed by atoms with van der Waals surface area (Å²) in [6.45, 7) is 4.89. The van der Waals surface area contributed by atoms with Gasteiger partial charge in [-0.1, -0.05) is 29.3 Å². The molecule has 0 amide bonds. The number of nitrogens with one attached hydrogen (secondary N) is 1. The molecule has 128 valence electrons. The molecule has 0 saturated carbocycles. The van der Waals surface area contributed by atoms with E-state index in [1.807, 2.05) is 0 Å². The van der Waals surface area contributed by atoms with Gasteiger partial charge in [-0.15, -0.1) is 0 Å². The largest absolute Gasteiger partial charge is 0.466 e. The minimum absolute atomic E-state index is 0.241. The van der Waals surface area contributed by atoms with Crippen molar-refractivity contribution in [3.63, 3.8) is 0 Å². The standard InChI is InChI=1S/C16H21Cl2NO4/c1-3-22-15(20)7-8-19-10-12(16(21)23-4-2)11-5-6-13(17)14(18)9-11/h5-6,9,12,19H,3-4,7-8,10H2,1-2H3. The van der Waals surface area contributed by atoms with Crippen molar-refractivity contribution in [2.24, 2.45) is 0 Å². The molecule has 23 heavy (non-hydrogen) atoms. The summed E-state index contributed by atoms with van der Waals surface area (Å²) < 4.78 is 9.94. The maximum atomic E-state index is 12.1. The Kier molecular flexibility index (Phi) is 8.99. The second kappa shape index (κ2) is 10.5. The molecular weight excluding hydrogens is 341 g/mol. The summed E-state index contributed by atoms with van der Waals surface area (Å²) in [7, 11) is 0. The van der Waals surface area contributed by atoms with Gasteiger partial charge in [-0.2, -0.15) is 0 Å². The Labute approximate surface area is 146 Å². The van der Waals surface area contributed by atoms with Gasteiger partial charge in [-0.05, 0) is 31.5 Å². The van der Waals surface area contributed by atoms with Crippen LogP contribution in [0.3, 0.4) is 0 Å². The Hall–Kier alpha value is -1.30. The Morgan fingerprint density at radius 1 is 1.13 bits per heavy atom. The smallest absolute Gasteiger partial charge is 0.314 e. The molecule has 1 aromatic rings. The van der Waals surface area contributed by atoms with Crippen molar-refractivity contribution in [1.82, 2.24) is 5.32 Å². The zero-order valence-electron chi connectivity index (χ0n) is 13.2. The lowest BCUT2D eigenvalue weighted by Crippen LogP contribution is -2.30. The average molecular weight is 362 g/mol. The quantitative estimate of drug-likeness (QED) is 0.540. The van der Waals surface area contributed by atoms with E-state index in [0.29, 0.717) is 41.9 Å². The van der Waals surface area contributed by atoms with E-state index >= 15 is 0 Å².